The second-order valence-electron chi connectivity index (χ2n) is 4.38. The van der Waals surface area contributed by atoms with Crippen LogP contribution >= 0.6 is 11.6 Å². The van der Waals surface area contributed by atoms with Crippen LogP contribution in [-0.4, -0.2) is 15.7 Å². The fraction of sp³-hybridized carbons (Fsp3) is 0.231. The minimum Gasteiger partial charge on any atom is -0.395 e. The van der Waals surface area contributed by atoms with Crippen molar-refractivity contribution in [3.8, 4) is 0 Å². The summed E-state index contributed by atoms with van der Waals surface area (Å²) in [5, 5.41) is 7.56. The molecule has 5 nitrogen and oxygen atoms in total. The Morgan fingerprint density at radius 2 is 2.11 bits per heavy atom. The molecular weight excluding hydrogens is 264 g/mol. The molecule has 6 heteroatoms. The summed E-state index contributed by atoms with van der Waals surface area (Å²) in [4.78, 5) is 12.2. The summed E-state index contributed by atoms with van der Waals surface area (Å²) in [5.74, 6) is -0.286. The molecule has 100 valence electrons. The molecule has 0 unspecified atom stereocenters. The van der Waals surface area contributed by atoms with Gasteiger partial charge in [-0.3, -0.25) is 9.48 Å². The van der Waals surface area contributed by atoms with Crippen LogP contribution in [0.25, 0.3) is 0 Å². The standard InChI is InChI=1S/C13H15ClN4O/c1-7-6-9(14)4-5-10(7)16-13(19)12-11(15)8(2)17-18(12)3/h4-6H,15H2,1-3H3,(H,16,19). The van der Waals surface area contributed by atoms with Crippen molar-refractivity contribution < 1.29 is 4.79 Å². The number of rotatable bonds is 2. The normalized spacial score (nSPS) is 10.5. The lowest BCUT2D eigenvalue weighted by atomic mass is 10.2. The second-order valence-corrected chi connectivity index (χ2v) is 4.82. The molecule has 0 fully saturated rings. The van der Waals surface area contributed by atoms with E-state index in [1.807, 2.05) is 6.92 Å². The van der Waals surface area contributed by atoms with Gasteiger partial charge in [-0.2, -0.15) is 5.10 Å². The minimum absolute atomic E-state index is 0.286. The number of amides is 1. The van der Waals surface area contributed by atoms with Gasteiger partial charge in [-0.15, -0.1) is 0 Å². The van der Waals surface area contributed by atoms with E-state index in [9.17, 15) is 4.79 Å². The molecule has 1 amide bonds. The van der Waals surface area contributed by atoms with Crippen LogP contribution in [0.15, 0.2) is 18.2 Å². The lowest BCUT2D eigenvalue weighted by Gasteiger charge is -2.09. The summed E-state index contributed by atoms with van der Waals surface area (Å²) in [6.45, 7) is 3.64. The number of carbonyl (C=O) groups excluding carboxylic acids is 1. The van der Waals surface area contributed by atoms with Crippen LogP contribution in [0, 0.1) is 13.8 Å². The first-order valence-electron chi connectivity index (χ1n) is 5.76. The summed E-state index contributed by atoms with van der Waals surface area (Å²) in [5.41, 5.74) is 8.83. The van der Waals surface area contributed by atoms with Gasteiger partial charge in [0.25, 0.3) is 5.91 Å². The molecule has 0 bridgehead atoms. The smallest absolute Gasteiger partial charge is 0.276 e. The molecule has 0 saturated heterocycles. The number of halogens is 1. The van der Waals surface area contributed by atoms with Gasteiger partial charge in [-0.05, 0) is 37.6 Å². The highest BCUT2D eigenvalue weighted by Crippen LogP contribution is 2.22. The number of nitrogens with one attached hydrogen (secondary N) is 1. The first-order valence-corrected chi connectivity index (χ1v) is 6.14. The first kappa shape index (κ1) is 13.4. The molecule has 0 aliphatic rings. The van der Waals surface area contributed by atoms with Crippen LogP contribution in [0.3, 0.4) is 0 Å². The third-order valence-corrected chi connectivity index (χ3v) is 3.16. The van der Waals surface area contributed by atoms with E-state index < -0.39 is 0 Å². The average molecular weight is 279 g/mol. The number of nitrogens with two attached hydrogens (primary N) is 1. The zero-order valence-corrected chi connectivity index (χ0v) is 11.7. The van der Waals surface area contributed by atoms with Crippen molar-refractivity contribution in [2.45, 2.75) is 13.8 Å². The van der Waals surface area contributed by atoms with E-state index in [-0.39, 0.29) is 5.91 Å². The highest BCUT2D eigenvalue weighted by molar-refractivity contribution is 6.30. The van der Waals surface area contributed by atoms with Crippen molar-refractivity contribution in [3.05, 3.63) is 40.2 Å². The number of nitrogen functional groups attached to an aromatic ring is 1. The van der Waals surface area contributed by atoms with Gasteiger partial charge >= 0.3 is 0 Å². The van der Waals surface area contributed by atoms with Crippen LogP contribution in [0.4, 0.5) is 11.4 Å². The Morgan fingerprint density at radius 1 is 1.42 bits per heavy atom. The first-order chi connectivity index (χ1) is 8.90. The Morgan fingerprint density at radius 3 is 2.63 bits per heavy atom. The molecule has 0 radical (unpaired) electrons. The number of benzene rings is 1. The molecule has 0 saturated carbocycles. The molecule has 0 spiro atoms. The van der Waals surface area contributed by atoms with Gasteiger partial charge in [0.1, 0.15) is 5.69 Å². The highest BCUT2D eigenvalue weighted by atomic mass is 35.5. The highest BCUT2D eigenvalue weighted by Gasteiger charge is 2.18. The average Bonchev–Trinajstić information content (AvgIpc) is 2.57. The summed E-state index contributed by atoms with van der Waals surface area (Å²) in [7, 11) is 1.69. The van der Waals surface area contributed by atoms with Crippen molar-refractivity contribution in [2.24, 2.45) is 7.05 Å². The summed E-state index contributed by atoms with van der Waals surface area (Å²) in [6, 6.07) is 5.27. The molecule has 1 aromatic heterocycles. The van der Waals surface area contributed by atoms with Crippen LogP contribution < -0.4 is 11.1 Å². The maximum absolute atomic E-state index is 12.2. The van der Waals surface area contributed by atoms with Gasteiger partial charge in [0.2, 0.25) is 0 Å². The summed E-state index contributed by atoms with van der Waals surface area (Å²) < 4.78 is 1.48. The Balaban J connectivity index is 2.31. The third-order valence-electron chi connectivity index (χ3n) is 2.92. The number of nitrogens with zero attached hydrogens (tertiary/aromatic N) is 2. The Labute approximate surface area is 116 Å². The lowest BCUT2D eigenvalue weighted by Crippen LogP contribution is -2.18. The lowest BCUT2D eigenvalue weighted by molar-refractivity contribution is 0.101. The van der Waals surface area contributed by atoms with Crippen LogP contribution in [0.5, 0.6) is 0 Å². The summed E-state index contributed by atoms with van der Waals surface area (Å²) >= 11 is 5.88. The number of hydrogen-bond acceptors (Lipinski definition) is 3. The molecule has 2 rings (SSSR count). The number of hydrogen-bond donors (Lipinski definition) is 2. The quantitative estimate of drug-likeness (QED) is 0.886. The van der Waals surface area contributed by atoms with Crippen LogP contribution in [-0.2, 0) is 7.05 Å². The van der Waals surface area contributed by atoms with Gasteiger partial charge in [0, 0.05) is 17.8 Å². The summed E-state index contributed by atoms with van der Waals surface area (Å²) in [6.07, 6.45) is 0. The van der Waals surface area contributed by atoms with Gasteiger partial charge in [-0.1, -0.05) is 11.6 Å². The van der Waals surface area contributed by atoms with Crippen LogP contribution in [0.2, 0.25) is 5.02 Å². The predicted octanol–water partition coefficient (Wildman–Crippen LogP) is 2.52. The van der Waals surface area contributed by atoms with E-state index >= 15 is 0 Å². The second kappa shape index (κ2) is 4.93. The molecule has 0 aliphatic heterocycles. The van der Waals surface area contributed by atoms with Crippen LogP contribution in [0.1, 0.15) is 21.7 Å². The zero-order chi connectivity index (χ0) is 14.2. The molecule has 3 N–H and O–H groups in total. The molecule has 0 atom stereocenters. The molecule has 0 aliphatic carbocycles. The molecule has 1 heterocycles. The largest absolute Gasteiger partial charge is 0.395 e. The van der Waals surface area contributed by atoms with Crippen molar-refractivity contribution in [3.63, 3.8) is 0 Å². The van der Waals surface area contributed by atoms with E-state index in [1.54, 1.807) is 32.2 Å². The fourth-order valence-corrected chi connectivity index (χ4v) is 2.12. The van der Waals surface area contributed by atoms with Gasteiger partial charge < -0.3 is 11.1 Å². The number of carbonyl (C=O) groups is 1. The minimum atomic E-state index is -0.286. The van der Waals surface area contributed by atoms with Gasteiger partial charge in [0.05, 0.1) is 11.4 Å². The number of aryl methyl sites for hydroxylation is 3. The van der Waals surface area contributed by atoms with Gasteiger partial charge in [-0.25, -0.2) is 0 Å². The Hall–Kier alpha value is -2.01. The van der Waals surface area contributed by atoms with E-state index in [2.05, 4.69) is 10.4 Å². The third kappa shape index (κ3) is 2.56. The monoisotopic (exact) mass is 278 g/mol. The van der Waals surface area contributed by atoms with E-state index in [0.717, 1.165) is 5.56 Å². The predicted molar refractivity (Wildman–Crippen MR) is 76.5 cm³/mol. The van der Waals surface area contributed by atoms with Crippen molar-refractivity contribution in [2.75, 3.05) is 11.1 Å². The topological polar surface area (TPSA) is 72.9 Å². The maximum atomic E-state index is 12.2. The Bertz CT molecular complexity index is 648. The van der Waals surface area contributed by atoms with Crippen molar-refractivity contribution >= 4 is 28.9 Å². The number of anilines is 2. The molecule has 1 aromatic carbocycles. The van der Waals surface area contributed by atoms with Gasteiger partial charge in [0.15, 0.2) is 0 Å². The van der Waals surface area contributed by atoms with E-state index in [0.29, 0.717) is 27.8 Å². The molecule has 19 heavy (non-hydrogen) atoms. The Kier molecular flexibility index (Phi) is 3.48. The van der Waals surface area contributed by atoms with E-state index in [4.69, 9.17) is 17.3 Å². The fourth-order valence-electron chi connectivity index (χ4n) is 1.89. The van der Waals surface area contributed by atoms with Crippen molar-refractivity contribution in [1.82, 2.24) is 9.78 Å². The number of aromatic nitrogens is 2. The zero-order valence-electron chi connectivity index (χ0n) is 11.0. The maximum Gasteiger partial charge on any atom is 0.276 e. The SMILES string of the molecule is Cc1cc(Cl)ccc1NC(=O)c1c(N)c(C)nn1C. The van der Waals surface area contributed by atoms with E-state index in [1.165, 1.54) is 4.68 Å². The molecular formula is C13H15ClN4O. The van der Waals surface area contributed by atoms with Crippen molar-refractivity contribution in [1.29, 1.82) is 0 Å². The molecule has 2 aromatic rings.